The molecule has 9 nitrogen and oxygen atoms in total. The molecule has 0 N–H and O–H groups in total. The average Bonchev–Trinajstić information content (AvgIpc) is 3.44. The van der Waals surface area contributed by atoms with Crippen LogP contribution in [0.5, 0.6) is 5.75 Å². The summed E-state index contributed by atoms with van der Waals surface area (Å²) in [5.41, 5.74) is 1.45. The number of hydrogen-bond donors (Lipinski definition) is 0. The second kappa shape index (κ2) is 11.4. The number of fused-ring (bicyclic) bond motifs is 1. The van der Waals surface area contributed by atoms with Crippen molar-refractivity contribution in [3.8, 4) is 11.4 Å². The first-order valence-corrected chi connectivity index (χ1v) is 15.5. The minimum atomic E-state index is -5.98. The Morgan fingerprint density at radius 1 is 0.694 bits per heavy atom. The van der Waals surface area contributed by atoms with Gasteiger partial charge in [0.05, 0.1) is 34.1 Å². The number of para-hydroxylation sites is 1. The number of esters is 1. The zero-order chi connectivity index (χ0) is 34.9. The molecule has 0 spiro atoms. The number of rotatable bonds is 6. The Kier molecular flexibility index (Phi) is 7.33. The van der Waals surface area contributed by atoms with Crippen molar-refractivity contribution in [1.82, 2.24) is 9.63 Å². The number of amides is 2. The highest BCUT2D eigenvalue weighted by Gasteiger charge is 2.42. The molecule has 5 aromatic carbocycles. The topological polar surface area (TPSA) is 112 Å². The van der Waals surface area contributed by atoms with Gasteiger partial charge in [-0.15, -0.1) is 9.35 Å². The van der Waals surface area contributed by atoms with Gasteiger partial charge < -0.3 is 9.30 Å². The maximum atomic E-state index is 14.4. The zero-order valence-electron chi connectivity index (χ0n) is 24.6. The normalized spacial score (nSPS) is 13.1. The molecule has 0 unspecified atom stereocenters. The summed E-state index contributed by atoms with van der Waals surface area (Å²) in [5, 5.41) is 0.560. The molecule has 1 aliphatic rings. The number of hydrogen-bond acceptors (Lipinski definition) is 7. The van der Waals surface area contributed by atoms with Crippen LogP contribution in [0.3, 0.4) is 0 Å². The highest BCUT2D eigenvalue weighted by atomic mass is 32.2. The molecule has 2 heterocycles. The predicted molar refractivity (Wildman–Crippen MR) is 162 cm³/mol. The lowest BCUT2D eigenvalue weighted by molar-refractivity contribution is -0.0159. The van der Waals surface area contributed by atoms with Crippen LogP contribution in [0.2, 0.25) is 0 Å². The molecule has 0 fully saturated rings. The van der Waals surface area contributed by atoms with Crippen molar-refractivity contribution in [2.24, 2.45) is 0 Å². The first-order chi connectivity index (χ1) is 23.3. The van der Waals surface area contributed by atoms with Gasteiger partial charge in [0, 0.05) is 16.2 Å². The smallest absolute Gasteiger partial charge is 0.343 e. The third kappa shape index (κ3) is 4.85. The molecule has 1 aromatic heterocycles. The molecule has 2 amide bonds. The molecule has 0 saturated heterocycles. The second-order valence-corrected chi connectivity index (χ2v) is 12.2. The van der Waals surface area contributed by atoms with E-state index in [1.165, 1.54) is 24.3 Å². The summed E-state index contributed by atoms with van der Waals surface area (Å²) < 4.78 is 107. The van der Waals surface area contributed by atoms with Crippen LogP contribution in [0.4, 0.5) is 22.0 Å². The van der Waals surface area contributed by atoms with Gasteiger partial charge >= 0.3 is 16.1 Å². The van der Waals surface area contributed by atoms with Crippen molar-refractivity contribution in [2.45, 2.75) is 11.8 Å². The minimum absolute atomic E-state index is 0.0414. The quantitative estimate of drug-likeness (QED) is 0.0613. The van der Waals surface area contributed by atoms with E-state index in [0.717, 1.165) is 0 Å². The Balaban J connectivity index is 1.31. The molecule has 15 heteroatoms. The summed E-state index contributed by atoms with van der Waals surface area (Å²) in [5.74, 6) is -16.5. The molecule has 7 rings (SSSR count). The molecule has 246 valence electrons. The number of benzene rings is 5. The summed E-state index contributed by atoms with van der Waals surface area (Å²) in [7, 11) is -5.98. The molecule has 0 aliphatic carbocycles. The minimum Gasteiger partial charge on any atom is -0.421 e. The molecule has 6 aromatic rings. The number of halogens is 5. The summed E-state index contributed by atoms with van der Waals surface area (Å²) >= 11 is 0. The van der Waals surface area contributed by atoms with Crippen LogP contribution in [-0.2, 0) is 14.4 Å². The van der Waals surface area contributed by atoms with Crippen LogP contribution >= 0.6 is 0 Å². The number of imide groups is 1. The van der Waals surface area contributed by atoms with Gasteiger partial charge in [-0.3, -0.25) is 9.59 Å². The number of ether oxygens (including phenoxy) is 1. The number of carbonyl (C=O) groups is 3. The number of nitrogens with zero attached hydrogens (tertiary/aromatic N) is 2. The van der Waals surface area contributed by atoms with Crippen molar-refractivity contribution >= 4 is 49.6 Å². The molecule has 0 atom stereocenters. The van der Waals surface area contributed by atoms with E-state index >= 15 is 0 Å². The summed E-state index contributed by atoms with van der Waals surface area (Å²) in [6.45, 7) is 1.76. The zero-order valence-corrected chi connectivity index (χ0v) is 25.4. The number of aromatic nitrogens is 1. The first kappa shape index (κ1) is 31.7. The third-order valence-corrected chi connectivity index (χ3v) is 9.15. The van der Waals surface area contributed by atoms with E-state index in [0.29, 0.717) is 33.1 Å². The summed E-state index contributed by atoms with van der Waals surface area (Å²) in [4.78, 5) is 37.7. The lowest BCUT2D eigenvalue weighted by atomic mass is 9.94. The Morgan fingerprint density at radius 3 is 1.98 bits per heavy atom. The second-order valence-electron chi connectivity index (χ2n) is 10.8. The van der Waals surface area contributed by atoms with Crippen molar-refractivity contribution in [1.29, 1.82) is 0 Å². The van der Waals surface area contributed by atoms with Gasteiger partial charge in [-0.2, -0.15) is 8.42 Å². The van der Waals surface area contributed by atoms with Gasteiger partial charge in [0.25, 0.3) is 11.8 Å². The van der Waals surface area contributed by atoms with Gasteiger partial charge in [0.1, 0.15) is 0 Å². The first-order valence-electron chi connectivity index (χ1n) is 14.1. The lowest BCUT2D eigenvalue weighted by Crippen LogP contribution is -2.42. The monoisotopic (exact) mass is 692 g/mol. The average molecular weight is 693 g/mol. The third-order valence-electron chi connectivity index (χ3n) is 7.94. The van der Waals surface area contributed by atoms with Gasteiger partial charge in [0.15, 0.2) is 33.9 Å². The SMILES string of the molecule is Cc1ccccc1C(=O)Oc1cn(-c2ccc3c4c(cccc24)C(=O)N(OS(=O)(=O)c2c(F)c(F)c(F)c(F)c2F)C3=O)c2ccccc12. The van der Waals surface area contributed by atoms with E-state index in [4.69, 9.17) is 4.74 Å². The maximum Gasteiger partial charge on any atom is 0.343 e. The number of aryl methyl sites for hydroxylation is 1. The molecule has 49 heavy (non-hydrogen) atoms. The van der Waals surface area contributed by atoms with Gasteiger partial charge in [0.2, 0.25) is 5.82 Å². The predicted octanol–water partition coefficient (Wildman–Crippen LogP) is 6.92. The number of carbonyl (C=O) groups excluding carboxylic acids is 3. The van der Waals surface area contributed by atoms with Crippen LogP contribution < -0.4 is 4.74 Å². The van der Waals surface area contributed by atoms with E-state index < -0.39 is 61.9 Å². The van der Waals surface area contributed by atoms with E-state index in [2.05, 4.69) is 4.28 Å². The number of hydroxylamine groups is 2. The highest BCUT2D eigenvalue weighted by Crippen LogP contribution is 2.39. The van der Waals surface area contributed by atoms with E-state index in [1.54, 1.807) is 72.3 Å². The molecule has 0 saturated carbocycles. The molecular weight excluding hydrogens is 675 g/mol. The van der Waals surface area contributed by atoms with Crippen LogP contribution in [-0.4, -0.2) is 35.8 Å². The van der Waals surface area contributed by atoms with Crippen molar-refractivity contribution < 1.29 is 53.8 Å². The standard InChI is InChI=1S/C34H17F5N2O7S/c1-16-7-2-3-8-17(16)34(44)47-24-15-40(22-12-5-4-9-18(22)24)23-14-13-21-25-19(23)10-6-11-20(25)32(42)41(33(21)43)48-49(45,46)31-29(38)27(36)26(35)28(37)30(31)39/h2-15H,1H3. The summed E-state index contributed by atoms with van der Waals surface area (Å²) in [6, 6.07) is 20.7. The Morgan fingerprint density at radius 2 is 1.29 bits per heavy atom. The molecule has 0 radical (unpaired) electrons. The Labute approximate surface area is 272 Å². The van der Waals surface area contributed by atoms with Crippen molar-refractivity contribution in [3.05, 3.63) is 136 Å². The highest BCUT2D eigenvalue weighted by molar-refractivity contribution is 7.86. The fraction of sp³-hybridized carbons (Fsp3) is 0.0294. The maximum absolute atomic E-state index is 14.4. The fourth-order valence-corrected chi connectivity index (χ4v) is 6.69. The molecular formula is C34H17F5N2O7S. The van der Waals surface area contributed by atoms with Gasteiger partial charge in [-0.05, 0) is 48.9 Å². The Hall–Kier alpha value is -5.93. The molecule has 0 bridgehead atoms. The lowest BCUT2D eigenvalue weighted by Gasteiger charge is -2.26. The van der Waals surface area contributed by atoms with E-state index in [9.17, 15) is 44.8 Å². The van der Waals surface area contributed by atoms with E-state index in [-0.39, 0.29) is 27.3 Å². The Bertz CT molecular complexity index is 2520. The fourth-order valence-electron chi connectivity index (χ4n) is 5.66. The van der Waals surface area contributed by atoms with Crippen LogP contribution in [0, 0.1) is 36.0 Å². The van der Waals surface area contributed by atoms with E-state index in [1.807, 2.05) is 0 Å². The van der Waals surface area contributed by atoms with Gasteiger partial charge in [-0.1, -0.05) is 42.5 Å². The van der Waals surface area contributed by atoms with Crippen LogP contribution in [0.1, 0.15) is 36.6 Å². The van der Waals surface area contributed by atoms with Crippen LogP contribution in [0.15, 0.2) is 90.0 Å². The van der Waals surface area contributed by atoms with Gasteiger partial charge in [-0.25, -0.2) is 26.7 Å². The van der Waals surface area contributed by atoms with Crippen molar-refractivity contribution in [3.63, 3.8) is 0 Å². The van der Waals surface area contributed by atoms with Crippen LogP contribution in [0.25, 0.3) is 27.4 Å². The van der Waals surface area contributed by atoms with Crippen molar-refractivity contribution in [2.75, 3.05) is 0 Å². The molecule has 1 aliphatic heterocycles. The largest absolute Gasteiger partial charge is 0.421 e. The summed E-state index contributed by atoms with van der Waals surface area (Å²) in [6.07, 6.45) is 1.55.